The molecule has 43 heavy (non-hydrogen) atoms. The molecule has 0 atom stereocenters. The largest absolute Gasteiger partial charge is 0.494 e. The molecule has 0 radical (unpaired) electrons. The minimum Gasteiger partial charge on any atom is -0.494 e. The van der Waals surface area contributed by atoms with Crippen LogP contribution in [0.4, 0.5) is 8.78 Å². The van der Waals surface area contributed by atoms with E-state index in [2.05, 4.69) is 5.32 Å². The molecular weight excluding hydrogens is 570 g/mol. The van der Waals surface area contributed by atoms with E-state index in [0.29, 0.717) is 55.6 Å². The Bertz CT molecular complexity index is 1420. The van der Waals surface area contributed by atoms with Gasteiger partial charge in [0.15, 0.2) is 5.16 Å². The van der Waals surface area contributed by atoms with Gasteiger partial charge in [0.2, 0.25) is 5.91 Å². The van der Waals surface area contributed by atoms with E-state index in [-0.39, 0.29) is 17.0 Å². The van der Waals surface area contributed by atoms with Crippen LogP contribution in [0.15, 0.2) is 64.5 Å². The second kappa shape index (κ2) is 14.5. The molecule has 1 N–H and O–H groups in total. The molecule has 1 fully saturated rings. The van der Waals surface area contributed by atoms with Crippen molar-refractivity contribution in [3.63, 3.8) is 0 Å². The van der Waals surface area contributed by atoms with Crippen LogP contribution in [-0.2, 0) is 23.7 Å². The number of carbonyl (C=O) groups is 1. The predicted molar refractivity (Wildman–Crippen MR) is 165 cm³/mol. The maximum atomic E-state index is 13.8. The van der Waals surface area contributed by atoms with Crippen LogP contribution in [0.5, 0.6) is 5.75 Å². The molecule has 0 bridgehead atoms. The van der Waals surface area contributed by atoms with Crippen molar-refractivity contribution in [3.05, 3.63) is 81.8 Å². The number of alkyl halides is 2. The van der Waals surface area contributed by atoms with Gasteiger partial charge >= 0.3 is 0 Å². The summed E-state index contributed by atoms with van der Waals surface area (Å²) in [5.41, 5.74) is 2.16. The summed E-state index contributed by atoms with van der Waals surface area (Å²) in [7, 11) is 0. The lowest BCUT2D eigenvalue weighted by Gasteiger charge is -2.30. The van der Waals surface area contributed by atoms with Crippen molar-refractivity contribution in [2.45, 2.75) is 81.2 Å². The van der Waals surface area contributed by atoms with E-state index in [1.54, 1.807) is 33.4 Å². The fourth-order valence-electron chi connectivity index (χ4n) is 5.23. The Labute approximate surface area is 256 Å². The number of thioether (sulfide) groups is 1. The van der Waals surface area contributed by atoms with Crippen molar-refractivity contribution in [1.82, 2.24) is 19.8 Å². The molecule has 5 rings (SSSR count). The number of hydrogen-bond donors (Lipinski definition) is 1. The number of aromatic nitrogens is 2. The zero-order valence-corrected chi connectivity index (χ0v) is 25.5. The number of fused-ring (bicyclic) bond motifs is 1. The third kappa shape index (κ3) is 8.23. The Morgan fingerprint density at radius 2 is 1.84 bits per heavy atom. The first-order chi connectivity index (χ1) is 20.8. The molecular formula is C33H40F2N4O3S. The number of unbranched alkanes of at least 4 members (excludes halogenated alkanes) is 2. The van der Waals surface area contributed by atoms with E-state index >= 15 is 0 Å². The number of nitrogens with one attached hydrogen (secondary N) is 1. The van der Waals surface area contributed by atoms with Gasteiger partial charge in [-0.15, -0.1) is 0 Å². The first kappa shape index (κ1) is 31.2. The van der Waals surface area contributed by atoms with Crippen LogP contribution >= 0.6 is 11.8 Å². The molecule has 3 aromatic rings. The normalized spacial score (nSPS) is 15.2. The van der Waals surface area contributed by atoms with Gasteiger partial charge in [0.1, 0.15) is 5.75 Å². The van der Waals surface area contributed by atoms with Gasteiger partial charge in [0.05, 0.1) is 30.1 Å². The molecule has 1 aliphatic carbocycles. The van der Waals surface area contributed by atoms with E-state index < -0.39 is 5.92 Å². The first-order valence-corrected chi connectivity index (χ1v) is 16.1. The van der Waals surface area contributed by atoms with E-state index in [9.17, 15) is 18.4 Å². The highest BCUT2D eigenvalue weighted by Gasteiger charge is 2.29. The van der Waals surface area contributed by atoms with Crippen LogP contribution in [0.2, 0.25) is 0 Å². The second-order valence-corrected chi connectivity index (χ2v) is 12.6. The molecule has 0 spiro atoms. The van der Waals surface area contributed by atoms with Gasteiger partial charge < -0.3 is 15.0 Å². The monoisotopic (exact) mass is 610 g/mol. The van der Waals surface area contributed by atoms with Gasteiger partial charge in [0.25, 0.3) is 11.5 Å². The number of ether oxygens (including phenoxy) is 1. The average Bonchev–Trinajstić information content (AvgIpc) is 2.98. The fourth-order valence-corrected chi connectivity index (χ4v) is 6.55. The number of hydrogen-bond acceptors (Lipinski definition) is 6. The summed E-state index contributed by atoms with van der Waals surface area (Å²) in [6.45, 7) is 3.65. The van der Waals surface area contributed by atoms with Crippen molar-refractivity contribution in [3.8, 4) is 11.4 Å². The molecule has 7 nitrogen and oxygen atoms in total. The summed E-state index contributed by atoms with van der Waals surface area (Å²) in [5.74, 6) is -2.22. The highest BCUT2D eigenvalue weighted by Crippen LogP contribution is 2.36. The number of para-hydroxylation sites is 1. The molecule has 1 amide bonds. The highest BCUT2D eigenvalue weighted by molar-refractivity contribution is 7.99. The van der Waals surface area contributed by atoms with Crippen LogP contribution in [0, 0.1) is 0 Å². The van der Waals surface area contributed by atoms with Crippen LogP contribution in [0.3, 0.4) is 0 Å². The molecule has 230 valence electrons. The standard InChI is InChI=1S/C33H40F2N4O3S/c1-33(34,35)24-13-15-26(16-14-24)42-22-7-3-6-19-36-20-17-30(40)38-21-18-29-28(23-38)31(41)39(25-9-4-2-5-10-25)32(37-29)43-27-11-8-12-27/h2,4-5,9-10,13-16,27,36H,3,6-8,11-12,17-23H2,1H3. The maximum Gasteiger partial charge on any atom is 0.270 e. The lowest BCUT2D eigenvalue weighted by molar-refractivity contribution is -0.132. The summed E-state index contributed by atoms with van der Waals surface area (Å²) in [6.07, 6.45) is 7.25. The van der Waals surface area contributed by atoms with Gasteiger partial charge in [-0.3, -0.25) is 14.2 Å². The summed E-state index contributed by atoms with van der Waals surface area (Å²) in [4.78, 5) is 33.5. The number of rotatable bonds is 14. The quantitative estimate of drug-likeness (QED) is 0.176. The summed E-state index contributed by atoms with van der Waals surface area (Å²) >= 11 is 1.70. The number of carbonyl (C=O) groups excluding carboxylic acids is 1. The van der Waals surface area contributed by atoms with Crippen molar-refractivity contribution < 1.29 is 18.3 Å². The number of nitrogens with zero attached hydrogens (tertiary/aromatic N) is 3. The Balaban J connectivity index is 1.04. The zero-order chi connectivity index (χ0) is 30.2. The van der Waals surface area contributed by atoms with Crippen molar-refractivity contribution in [1.29, 1.82) is 0 Å². The smallest absolute Gasteiger partial charge is 0.270 e. The molecule has 0 unspecified atom stereocenters. The third-order valence-electron chi connectivity index (χ3n) is 8.03. The summed E-state index contributed by atoms with van der Waals surface area (Å²) < 4.78 is 34.0. The zero-order valence-electron chi connectivity index (χ0n) is 24.7. The Morgan fingerprint density at radius 3 is 2.53 bits per heavy atom. The van der Waals surface area contributed by atoms with Crippen molar-refractivity contribution in [2.75, 3.05) is 26.2 Å². The maximum absolute atomic E-state index is 13.8. The van der Waals surface area contributed by atoms with Crippen LogP contribution in [0.25, 0.3) is 5.69 Å². The average molecular weight is 611 g/mol. The number of amides is 1. The van der Waals surface area contributed by atoms with Crippen LogP contribution < -0.4 is 15.6 Å². The van der Waals surface area contributed by atoms with Crippen molar-refractivity contribution >= 4 is 17.7 Å². The van der Waals surface area contributed by atoms with E-state index in [0.717, 1.165) is 62.1 Å². The minimum atomic E-state index is -2.85. The lowest BCUT2D eigenvalue weighted by Crippen LogP contribution is -2.42. The van der Waals surface area contributed by atoms with Gasteiger partial charge in [0, 0.05) is 43.7 Å². The van der Waals surface area contributed by atoms with Gasteiger partial charge in [-0.1, -0.05) is 36.4 Å². The summed E-state index contributed by atoms with van der Waals surface area (Å²) in [5, 5.41) is 4.61. The first-order valence-electron chi connectivity index (χ1n) is 15.3. The Hall–Kier alpha value is -3.24. The van der Waals surface area contributed by atoms with E-state index in [4.69, 9.17) is 9.72 Å². The molecule has 2 aliphatic rings. The topological polar surface area (TPSA) is 76.5 Å². The molecule has 1 aliphatic heterocycles. The lowest BCUT2D eigenvalue weighted by atomic mass is 10.0. The predicted octanol–water partition coefficient (Wildman–Crippen LogP) is 6.10. The van der Waals surface area contributed by atoms with Gasteiger partial charge in [-0.25, -0.2) is 13.8 Å². The minimum absolute atomic E-state index is 0.0231. The fraction of sp³-hybridized carbons (Fsp3) is 0.485. The third-order valence-corrected chi connectivity index (χ3v) is 9.32. The van der Waals surface area contributed by atoms with Crippen molar-refractivity contribution in [2.24, 2.45) is 0 Å². The Kier molecular flexibility index (Phi) is 10.5. The van der Waals surface area contributed by atoms with Gasteiger partial charge in [-0.05, 0) is 75.0 Å². The second-order valence-electron chi connectivity index (χ2n) is 11.4. The molecule has 2 heterocycles. The van der Waals surface area contributed by atoms with Crippen LogP contribution in [-0.4, -0.2) is 51.8 Å². The van der Waals surface area contributed by atoms with Gasteiger partial charge in [-0.2, -0.15) is 0 Å². The Morgan fingerprint density at radius 1 is 1.07 bits per heavy atom. The molecule has 0 saturated heterocycles. The van der Waals surface area contributed by atoms with Crippen LogP contribution in [0.1, 0.15) is 68.7 Å². The number of benzene rings is 2. The molecule has 2 aromatic carbocycles. The SMILES string of the molecule is CC(F)(F)c1ccc(OCCCCCNCCC(=O)N2CCc3nc(SC4CCC4)n(-c4ccccc4)c(=O)c3C2)cc1. The highest BCUT2D eigenvalue weighted by atomic mass is 32.2. The number of halogens is 2. The molecule has 1 aromatic heterocycles. The van der Waals surface area contributed by atoms with E-state index in [1.807, 2.05) is 30.3 Å². The molecule has 1 saturated carbocycles. The van der Waals surface area contributed by atoms with E-state index in [1.165, 1.54) is 18.6 Å². The summed E-state index contributed by atoms with van der Waals surface area (Å²) in [6, 6.07) is 15.6. The molecule has 10 heteroatoms.